The van der Waals surface area contributed by atoms with Crippen molar-refractivity contribution in [1.29, 1.82) is 0 Å². The van der Waals surface area contributed by atoms with Gasteiger partial charge in [-0.1, -0.05) is 62.7 Å². The molecule has 188 valence electrons. The number of hydrogen-bond acceptors (Lipinski definition) is 3. The van der Waals surface area contributed by atoms with E-state index in [1.807, 2.05) is 49.4 Å². The zero-order valence-corrected chi connectivity index (χ0v) is 21.9. The Hall–Kier alpha value is -3.60. The van der Waals surface area contributed by atoms with Crippen molar-refractivity contribution in [3.05, 3.63) is 95.3 Å². The van der Waals surface area contributed by atoms with Gasteiger partial charge in [-0.2, -0.15) is 0 Å². The van der Waals surface area contributed by atoms with Crippen molar-refractivity contribution in [3.63, 3.8) is 0 Å². The molecule has 0 aliphatic heterocycles. The lowest BCUT2D eigenvalue weighted by molar-refractivity contribution is 0.0954. The summed E-state index contributed by atoms with van der Waals surface area (Å²) in [5.74, 6) is 1.87. The Morgan fingerprint density at radius 2 is 1.67 bits per heavy atom. The summed E-state index contributed by atoms with van der Waals surface area (Å²) in [5, 5.41) is 3.03. The first kappa shape index (κ1) is 25.5. The summed E-state index contributed by atoms with van der Waals surface area (Å²) in [6.07, 6.45) is 2.63. The van der Waals surface area contributed by atoms with Gasteiger partial charge in [0.2, 0.25) is 0 Å². The highest BCUT2D eigenvalue weighted by Crippen LogP contribution is 2.24. The van der Waals surface area contributed by atoms with E-state index in [2.05, 4.69) is 61.0 Å². The minimum Gasteiger partial charge on any atom is -0.494 e. The molecule has 0 bridgehead atoms. The molecule has 1 heterocycles. The summed E-state index contributed by atoms with van der Waals surface area (Å²) >= 11 is 0. The van der Waals surface area contributed by atoms with E-state index in [9.17, 15) is 4.79 Å². The lowest BCUT2D eigenvalue weighted by Gasteiger charge is -2.19. The van der Waals surface area contributed by atoms with Crippen molar-refractivity contribution >= 4 is 16.9 Å². The molecule has 0 saturated heterocycles. The number of carbonyl (C=O) groups is 1. The Bertz CT molecular complexity index is 1280. The lowest BCUT2D eigenvalue weighted by Crippen LogP contribution is -2.26. The summed E-state index contributed by atoms with van der Waals surface area (Å²) < 4.78 is 8.26. The average molecular weight is 484 g/mol. The van der Waals surface area contributed by atoms with Gasteiger partial charge in [-0.15, -0.1) is 0 Å². The molecule has 5 nitrogen and oxygen atoms in total. The number of aryl methyl sites for hydroxylation is 2. The molecule has 0 fully saturated rings. The fourth-order valence-corrected chi connectivity index (χ4v) is 4.27. The number of imidazole rings is 1. The number of nitrogens with zero attached hydrogens (tertiary/aromatic N) is 2. The third-order valence-corrected chi connectivity index (χ3v) is 6.45. The Balaban J connectivity index is 1.30. The van der Waals surface area contributed by atoms with Crippen LogP contribution in [0.2, 0.25) is 0 Å². The fourth-order valence-electron chi connectivity index (χ4n) is 4.27. The predicted octanol–water partition coefficient (Wildman–Crippen LogP) is 6.47. The van der Waals surface area contributed by atoms with Gasteiger partial charge in [0.15, 0.2) is 0 Å². The van der Waals surface area contributed by atoms with Crippen LogP contribution in [0, 0.1) is 6.92 Å². The first-order valence-corrected chi connectivity index (χ1v) is 12.8. The normalized spacial score (nSPS) is 11.6. The maximum atomic E-state index is 12.5. The van der Waals surface area contributed by atoms with Crippen molar-refractivity contribution in [2.45, 2.75) is 58.9 Å². The summed E-state index contributed by atoms with van der Waals surface area (Å²) in [6, 6.07) is 24.3. The monoisotopic (exact) mass is 483 g/mol. The minimum absolute atomic E-state index is 0.0506. The molecule has 1 aromatic heterocycles. The van der Waals surface area contributed by atoms with E-state index in [4.69, 9.17) is 9.72 Å². The first-order valence-electron chi connectivity index (χ1n) is 12.8. The molecular formula is C31H37N3O2. The van der Waals surface area contributed by atoms with E-state index in [0.717, 1.165) is 47.6 Å². The molecule has 0 radical (unpaired) electrons. The quantitative estimate of drug-likeness (QED) is 0.263. The number of benzene rings is 3. The highest BCUT2D eigenvalue weighted by molar-refractivity contribution is 5.94. The van der Waals surface area contributed by atoms with E-state index in [1.165, 1.54) is 5.56 Å². The van der Waals surface area contributed by atoms with Crippen molar-refractivity contribution in [2.75, 3.05) is 13.2 Å². The first-order chi connectivity index (χ1) is 17.3. The summed E-state index contributed by atoms with van der Waals surface area (Å²) in [4.78, 5) is 17.3. The molecule has 0 aliphatic carbocycles. The Morgan fingerprint density at radius 1 is 0.944 bits per heavy atom. The van der Waals surface area contributed by atoms with Crippen LogP contribution < -0.4 is 10.1 Å². The second kappa shape index (κ2) is 11.4. The van der Waals surface area contributed by atoms with Gasteiger partial charge in [-0.25, -0.2) is 4.98 Å². The third kappa shape index (κ3) is 6.54. The van der Waals surface area contributed by atoms with Crippen molar-refractivity contribution in [3.8, 4) is 5.75 Å². The van der Waals surface area contributed by atoms with Crippen LogP contribution in [0.25, 0.3) is 11.0 Å². The van der Waals surface area contributed by atoms with E-state index >= 15 is 0 Å². The largest absolute Gasteiger partial charge is 0.494 e. The van der Waals surface area contributed by atoms with Gasteiger partial charge >= 0.3 is 0 Å². The maximum absolute atomic E-state index is 12.5. The molecular weight excluding hydrogens is 446 g/mol. The number of unbranched alkanes of at least 4 members (excludes halogenated alkanes) is 1. The SMILES string of the molecule is Cc1ccc(C(=O)NCCc2nc3ccccc3n2CCCCOc2ccc(C(C)(C)C)cc2)cc1. The maximum Gasteiger partial charge on any atom is 0.251 e. The van der Waals surface area contributed by atoms with Crippen LogP contribution in [-0.2, 0) is 18.4 Å². The lowest BCUT2D eigenvalue weighted by atomic mass is 9.87. The number of aromatic nitrogens is 2. The summed E-state index contributed by atoms with van der Waals surface area (Å²) in [6.45, 7) is 10.8. The molecule has 0 aliphatic rings. The number of hydrogen-bond donors (Lipinski definition) is 1. The number of fused-ring (bicyclic) bond motifs is 1. The Labute approximate surface area is 214 Å². The minimum atomic E-state index is -0.0506. The van der Waals surface area contributed by atoms with Crippen LogP contribution in [0.5, 0.6) is 5.75 Å². The third-order valence-electron chi connectivity index (χ3n) is 6.45. The Kier molecular flexibility index (Phi) is 8.09. The highest BCUT2D eigenvalue weighted by atomic mass is 16.5. The zero-order chi connectivity index (χ0) is 25.5. The van der Waals surface area contributed by atoms with E-state index in [0.29, 0.717) is 25.1 Å². The van der Waals surface area contributed by atoms with E-state index < -0.39 is 0 Å². The molecule has 4 aromatic rings. The molecule has 5 heteroatoms. The van der Waals surface area contributed by atoms with Crippen LogP contribution in [0.15, 0.2) is 72.8 Å². The van der Waals surface area contributed by atoms with Gasteiger partial charge in [-0.05, 0) is 67.1 Å². The molecule has 0 spiro atoms. The van der Waals surface area contributed by atoms with Crippen molar-refractivity contribution in [2.24, 2.45) is 0 Å². The topological polar surface area (TPSA) is 56.2 Å². The summed E-state index contributed by atoms with van der Waals surface area (Å²) in [7, 11) is 0. The van der Waals surface area contributed by atoms with Gasteiger partial charge in [0, 0.05) is 25.1 Å². The molecule has 3 aromatic carbocycles. The highest BCUT2D eigenvalue weighted by Gasteiger charge is 2.13. The zero-order valence-electron chi connectivity index (χ0n) is 21.9. The smallest absolute Gasteiger partial charge is 0.251 e. The molecule has 36 heavy (non-hydrogen) atoms. The van der Waals surface area contributed by atoms with Crippen LogP contribution in [0.3, 0.4) is 0 Å². The van der Waals surface area contributed by atoms with E-state index in [-0.39, 0.29) is 11.3 Å². The second-order valence-corrected chi connectivity index (χ2v) is 10.4. The standard InChI is InChI=1S/C31H37N3O2/c1-23-11-13-24(14-12-23)30(35)32-20-19-29-33-27-9-5-6-10-28(27)34(29)21-7-8-22-36-26-17-15-25(16-18-26)31(2,3)4/h5-6,9-18H,7-8,19-22H2,1-4H3,(H,32,35). The van der Waals surface area contributed by atoms with Crippen LogP contribution in [0.1, 0.15) is 60.9 Å². The van der Waals surface area contributed by atoms with Crippen LogP contribution in [0.4, 0.5) is 0 Å². The van der Waals surface area contributed by atoms with Crippen LogP contribution in [-0.4, -0.2) is 28.6 Å². The number of nitrogens with one attached hydrogen (secondary N) is 1. The molecule has 0 saturated carbocycles. The van der Waals surface area contributed by atoms with Crippen molar-refractivity contribution in [1.82, 2.24) is 14.9 Å². The van der Waals surface area contributed by atoms with Crippen LogP contribution >= 0.6 is 0 Å². The summed E-state index contributed by atoms with van der Waals surface area (Å²) in [5.41, 5.74) is 5.41. The number of carbonyl (C=O) groups excluding carboxylic acids is 1. The van der Waals surface area contributed by atoms with Gasteiger partial charge < -0.3 is 14.6 Å². The molecule has 1 amide bonds. The van der Waals surface area contributed by atoms with Crippen molar-refractivity contribution < 1.29 is 9.53 Å². The van der Waals surface area contributed by atoms with Gasteiger partial charge in [-0.3, -0.25) is 4.79 Å². The number of ether oxygens (including phenoxy) is 1. The van der Waals surface area contributed by atoms with Gasteiger partial charge in [0.05, 0.1) is 17.6 Å². The number of rotatable bonds is 10. The van der Waals surface area contributed by atoms with Gasteiger partial charge in [0.1, 0.15) is 11.6 Å². The van der Waals surface area contributed by atoms with Gasteiger partial charge in [0.25, 0.3) is 5.91 Å². The second-order valence-electron chi connectivity index (χ2n) is 10.4. The molecule has 0 atom stereocenters. The molecule has 4 rings (SSSR count). The predicted molar refractivity (Wildman–Crippen MR) is 147 cm³/mol. The molecule has 0 unspecified atom stereocenters. The fraction of sp³-hybridized carbons (Fsp3) is 0.355. The molecule has 1 N–H and O–H groups in total. The number of para-hydroxylation sites is 2. The Morgan fingerprint density at radius 3 is 2.39 bits per heavy atom. The number of amides is 1. The van der Waals surface area contributed by atoms with E-state index in [1.54, 1.807) is 0 Å². The average Bonchev–Trinajstić information content (AvgIpc) is 3.21.